The molecule has 5 heteroatoms. The Morgan fingerprint density at radius 2 is 2.16 bits per heavy atom. The van der Waals surface area contributed by atoms with E-state index >= 15 is 0 Å². The second kappa shape index (κ2) is 5.33. The number of nitrogens with zero attached hydrogens (tertiary/aromatic N) is 3. The van der Waals surface area contributed by atoms with Crippen LogP contribution in [0.1, 0.15) is 22.5 Å². The average molecular weight is 275 g/mol. The van der Waals surface area contributed by atoms with Crippen molar-refractivity contribution >= 4 is 17.3 Å². The molecule has 98 valence electrons. The Morgan fingerprint density at radius 3 is 2.74 bits per heavy atom. The molecule has 2 rings (SSSR count). The van der Waals surface area contributed by atoms with Gasteiger partial charge in [0.1, 0.15) is 0 Å². The summed E-state index contributed by atoms with van der Waals surface area (Å²) in [5.41, 5.74) is 4.63. The Balaban J connectivity index is 2.21. The van der Waals surface area contributed by atoms with Crippen LogP contribution in [0.4, 0.5) is 5.69 Å². The molecule has 0 saturated carbocycles. The number of hydrogen-bond acceptors (Lipinski definition) is 3. The van der Waals surface area contributed by atoms with Crippen molar-refractivity contribution in [3.05, 3.63) is 45.7 Å². The summed E-state index contributed by atoms with van der Waals surface area (Å²) in [6.45, 7) is 4.65. The monoisotopic (exact) mass is 274 g/mol. The maximum Gasteiger partial charge on any atom is 0.0992 e. The minimum absolute atomic E-state index is 0.589. The molecule has 1 heterocycles. The summed E-state index contributed by atoms with van der Waals surface area (Å²) in [4.78, 5) is 0. The lowest BCUT2D eigenvalue weighted by Gasteiger charge is -2.09. The summed E-state index contributed by atoms with van der Waals surface area (Å²) in [5.74, 6) is 0. The standard InChI is InChI=1S/C14H15ClN4/c1-9-12(10(2)19(3)18-9)8-17-14-6-11(7-16)4-5-13(14)15/h4-6,17H,8H2,1-3H3. The van der Waals surface area contributed by atoms with E-state index < -0.39 is 0 Å². The van der Waals surface area contributed by atoms with Crippen molar-refractivity contribution in [2.24, 2.45) is 7.05 Å². The number of nitrogens with one attached hydrogen (secondary N) is 1. The van der Waals surface area contributed by atoms with Gasteiger partial charge in [0.2, 0.25) is 0 Å². The summed E-state index contributed by atoms with van der Waals surface area (Å²) in [6, 6.07) is 7.29. The summed E-state index contributed by atoms with van der Waals surface area (Å²) in [7, 11) is 1.93. The number of aryl methyl sites for hydroxylation is 2. The van der Waals surface area contributed by atoms with Crippen LogP contribution in [-0.4, -0.2) is 9.78 Å². The zero-order valence-corrected chi connectivity index (χ0v) is 11.9. The average Bonchev–Trinajstić information content (AvgIpc) is 2.63. The largest absolute Gasteiger partial charge is 0.380 e. The van der Waals surface area contributed by atoms with Gasteiger partial charge in [0.15, 0.2) is 0 Å². The third-order valence-electron chi connectivity index (χ3n) is 3.21. The number of rotatable bonds is 3. The molecule has 1 N–H and O–H groups in total. The highest BCUT2D eigenvalue weighted by Gasteiger charge is 2.10. The highest BCUT2D eigenvalue weighted by molar-refractivity contribution is 6.33. The van der Waals surface area contributed by atoms with E-state index in [9.17, 15) is 0 Å². The lowest BCUT2D eigenvalue weighted by atomic mass is 10.1. The predicted molar refractivity (Wildman–Crippen MR) is 76.2 cm³/mol. The molecule has 0 bridgehead atoms. The van der Waals surface area contributed by atoms with Crippen LogP contribution in [0.2, 0.25) is 5.02 Å². The molecule has 1 aromatic carbocycles. The second-order valence-corrected chi connectivity index (χ2v) is 4.84. The zero-order chi connectivity index (χ0) is 14.0. The quantitative estimate of drug-likeness (QED) is 0.935. The van der Waals surface area contributed by atoms with Crippen LogP contribution in [0, 0.1) is 25.2 Å². The predicted octanol–water partition coefficient (Wildman–Crippen LogP) is 3.17. The van der Waals surface area contributed by atoms with Crippen molar-refractivity contribution in [3.8, 4) is 6.07 Å². The number of benzene rings is 1. The molecule has 2 aromatic rings. The van der Waals surface area contributed by atoms with Crippen LogP contribution in [0.5, 0.6) is 0 Å². The molecule has 4 nitrogen and oxygen atoms in total. The Kier molecular flexibility index (Phi) is 3.77. The van der Waals surface area contributed by atoms with Crippen LogP contribution in [-0.2, 0) is 13.6 Å². The molecule has 0 atom stereocenters. The molecule has 0 radical (unpaired) electrons. The van der Waals surface area contributed by atoms with Gasteiger partial charge >= 0.3 is 0 Å². The van der Waals surface area contributed by atoms with Crippen molar-refractivity contribution < 1.29 is 0 Å². The van der Waals surface area contributed by atoms with E-state index in [0.29, 0.717) is 17.1 Å². The Bertz CT molecular complexity index is 652. The van der Waals surface area contributed by atoms with Gasteiger partial charge in [-0.25, -0.2) is 0 Å². The van der Waals surface area contributed by atoms with Crippen LogP contribution in [0.15, 0.2) is 18.2 Å². The van der Waals surface area contributed by atoms with Gasteiger partial charge in [-0.15, -0.1) is 0 Å². The number of hydrogen-bond donors (Lipinski definition) is 1. The first kappa shape index (κ1) is 13.4. The molecular weight excluding hydrogens is 260 g/mol. The number of nitriles is 1. The van der Waals surface area contributed by atoms with Gasteiger partial charge in [0, 0.05) is 24.8 Å². The maximum absolute atomic E-state index is 8.90. The third-order valence-corrected chi connectivity index (χ3v) is 3.54. The van der Waals surface area contributed by atoms with Crippen molar-refractivity contribution in [2.75, 3.05) is 5.32 Å². The molecule has 0 aliphatic carbocycles. The smallest absolute Gasteiger partial charge is 0.0992 e. The van der Waals surface area contributed by atoms with Crippen LogP contribution >= 0.6 is 11.6 Å². The van der Waals surface area contributed by atoms with Crippen LogP contribution < -0.4 is 5.32 Å². The van der Waals surface area contributed by atoms with E-state index in [4.69, 9.17) is 16.9 Å². The minimum Gasteiger partial charge on any atom is -0.380 e. The van der Waals surface area contributed by atoms with E-state index in [0.717, 1.165) is 22.6 Å². The lowest BCUT2D eigenvalue weighted by Crippen LogP contribution is -2.03. The Labute approximate surface area is 117 Å². The molecule has 1 aromatic heterocycles. The number of aromatic nitrogens is 2. The molecule has 0 saturated heterocycles. The van der Waals surface area contributed by atoms with E-state index in [-0.39, 0.29) is 0 Å². The lowest BCUT2D eigenvalue weighted by molar-refractivity contribution is 0.730. The highest BCUT2D eigenvalue weighted by atomic mass is 35.5. The number of halogens is 1. The molecular formula is C14H15ClN4. The van der Waals surface area contributed by atoms with Crippen molar-refractivity contribution in [1.82, 2.24) is 9.78 Å². The zero-order valence-electron chi connectivity index (χ0n) is 11.2. The topological polar surface area (TPSA) is 53.6 Å². The van der Waals surface area contributed by atoms with E-state index in [1.165, 1.54) is 0 Å². The Morgan fingerprint density at radius 1 is 1.42 bits per heavy atom. The first-order valence-corrected chi connectivity index (χ1v) is 6.33. The fourth-order valence-corrected chi connectivity index (χ4v) is 2.17. The Hall–Kier alpha value is -1.99. The van der Waals surface area contributed by atoms with Crippen molar-refractivity contribution in [2.45, 2.75) is 20.4 Å². The molecule has 0 aliphatic heterocycles. The van der Waals surface area contributed by atoms with E-state index in [1.54, 1.807) is 18.2 Å². The van der Waals surface area contributed by atoms with Gasteiger partial charge in [-0.1, -0.05) is 11.6 Å². The van der Waals surface area contributed by atoms with Crippen molar-refractivity contribution in [3.63, 3.8) is 0 Å². The summed E-state index contributed by atoms with van der Waals surface area (Å²) < 4.78 is 1.86. The highest BCUT2D eigenvalue weighted by Crippen LogP contribution is 2.24. The van der Waals surface area contributed by atoms with Gasteiger partial charge in [0.25, 0.3) is 0 Å². The molecule has 19 heavy (non-hydrogen) atoms. The fourth-order valence-electron chi connectivity index (χ4n) is 1.99. The van der Waals surface area contributed by atoms with Crippen molar-refractivity contribution in [1.29, 1.82) is 5.26 Å². The molecule has 0 amide bonds. The van der Waals surface area contributed by atoms with Crippen LogP contribution in [0.3, 0.4) is 0 Å². The summed E-state index contributed by atoms with van der Waals surface area (Å²) >= 11 is 6.11. The number of anilines is 1. The van der Waals surface area contributed by atoms with Crippen LogP contribution in [0.25, 0.3) is 0 Å². The summed E-state index contributed by atoms with van der Waals surface area (Å²) in [6.07, 6.45) is 0. The second-order valence-electron chi connectivity index (χ2n) is 4.43. The SMILES string of the molecule is Cc1nn(C)c(C)c1CNc1cc(C#N)ccc1Cl. The first-order chi connectivity index (χ1) is 9.02. The fraction of sp³-hybridized carbons (Fsp3) is 0.286. The van der Waals surface area contributed by atoms with Gasteiger partial charge in [-0.2, -0.15) is 10.4 Å². The normalized spacial score (nSPS) is 10.3. The maximum atomic E-state index is 8.90. The first-order valence-electron chi connectivity index (χ1n) is 5.95. The molecule has 0 fully saturated rings. The summed E-state index contributed by atoms with van der Waals surface area (Å²) in [5, 5.41) is 17.1. The van der Waals surface area contributed by atoms with Gasteiger partial charge < -0.3 is 5.32 Å². The van der Waals surface area contributed by atoms with E-state index in [1.807, 2.05) is 25.6 Å². The third kappa shape index (κ3) is 2.72. The van der Waals surface area contributed by atoms with Gasteiger partial charge in [-0.05, 0) is 32.0 Å². The minimum atomic E-state index is 0.589. The molecule has 0 aliphatic rings. The van der Waals surface area contributed by atoms with E-state index in [2.05, 4.69) is 16.5 Å². The molecule has 0 unspecified atom stereocenters. The van der Waals surface area contributed by atoms with Gasteiger partial charge in [0.05, 0.1) is 28.0 Å². The molecule has 0 spiro atoms. The van der Waals surface area contributed by atoms with Gasteiger partial charge in [-0.3, -0.25) is 4.68 Å².